The van der Waals surface area contributed by atoms with Gasteiger partial charge in [-0.15, -0.1) is 5.10 Å². The highest BCUT2D eigenvalue weighted by Crippen LogP contribution is 2.30. The second-order valence-electron chi connectivity index (χ2n) is 5.66. The van der Waals surface area contributed by atoms with E-state index in [-0.39, 0.29) is 31.2 Å². The summed E-state index contributed by atoms with van der Waals surface area (Å²) in [7, 11) is 0. The minimum absolute atomic E-state index is 0.0223. The SMILES string of the molecule is Nc1ncc2c(n1)n([C@@H]1O[C@H](CO)C[C@H]1O)c(=O)n2Cc1nnn[nH]1. The summed E-state index contributed by atoms with van der Waals surface area (Å²) in [5, 5.41) is 32.8. The van der Waals surface area contributed by atoms with Gasteiger partial charge in [0.1, 0.15) is 11.6 Å². The molecule has 1 fully saturated rings. The zero-order chi connectivity index (χ0) is 17.6. The van der Waals surface area contributed by atoms with Crippen LogP contribution in [-0.2, 0) is 11.3 Å². The fourth-order valence-electron chi connectivity index (χ4n) is 2.93. The number of hydrogen-bond donors (Lipinski definition) is 4. The van der Waals surface area contributed by atoms with Crippen LogP contribution in [-0.4, -0.2) is 68.8 Å². The molecule has 4 heterocycles. The zero-order valence-corrected chi connectivity index (χ0v) is 12.8. The molecule has 13 heteroatoms. The van der Waals surface area contributed by atoms with E-state index in [0.717, 1.165) is 0 Å². The average molecular weight is 349 g/mol. The second-order valence-corrected chi connectivity index (χ2v) is 5.66. The molecule has 0 bridgehead atoms. The Labute approximate surface area is 139 Å². The monoisotopic (exact) mass is 349 g/mol. The Morgan fingerprint density at radius 3 is 3.00 bits per heavy atom. The first-order chi connectivity index (χ1) is 12.1. The molecule has 0 amide bonds. The molecule has 0 saturated carbocycles. The Kier molecular flexibility index (Phi) is 3.67. The van der Waals surface area contributed by atoms with Crippen LogP contribution in [0.1, 0.15) is 18.5 Å². The van der Waals surface area contributed by atoms with Crippen molar-refractivity contribution in [2.24, 2.45) is 0 Å². The van der Waals surface area contributed by atoms with Crippen LogP contribution in [0, 0.1) is 0 Å². The van der Waals surface area contributed by atoms with Crippen LogP contribution in [0.2, 0.25) is 0 Å². The number of rotatable bonds is 4. The molecule has 1 aliphatic rings. The van der Waals surface area contributed by atoms with Gasteiger partial charge in [0.25, 0.3) is 0 Å². The van der Waals surface area contributed by atoms with Gasteiger partial charge in [-0.3, -0.25) is 4.57 Å². The standard InChI is InChI=1S/C12H15N9O4/c13-11-14-2-6-9(15-11)21(10-7(23)1-5(4-22)25-10)12(24)20(6)3-8-16-18-19-17-8/h2,5,7,10,22-23H,1,3-4H2,(H2,13,14,15)(H,16,17,18,19)/t5-,7+,10+/m0/s1. The van der Waals surface area contributed by atoms with E-state index in [0.29, 0.717) is 11.3 Å². The average Bonchev–Trinajstić information content (AvgIpc) is 3.28. The van der Waals surface area contributed by atoms with Crippen molar-refractivity contribution in [1.82, 2.24) is 39.7 Å². The number of nitrogens with zero attached hydrogens (tertiary/aromatic N) is 7. The van der Waals surface area contributed by atoms with Crippen molar-refractivity contribution in [3.05, 3.63) is 22.5 Å². The highest BCUT2D eigenvalue weighted by atomic mass is 16.5. The van der Waals surface area contributed by atoms with Crippen LogP contribution >= 0.6 is 0 Å². The Balaban J connectivity index is 1.87. The summed E-state index contributed by atoms with van der Waals surface area (Å²) < 4.78 is 8.14. The van der Waals surface area contributed by atoms with Crippen molar-refractivity contribution >= 4 is 17.1 Å². The summed E-state index contributed by atoms with van der Waals surface area (Å²) in [5.74, 6) is 0.338. The largest absolute Gasteiger partial charge is 0.394 e. The summed E-state index contributed by atoms with van der Waals surface area (Å²) in [4.78, 5) is 21.0. The van der Waals surface area contributed by atoms with Gasteiger partial charge in [-0.1, -0.05) is 0 Å². The molecule has 5 N–H and O–H groups in total. The number of nitrogens with one attached hydrogen (secondary N) is 1. The van der Waals surface area contributed by atoms with Gasteiger partial charge >= 0.3 is 5.69 Å². The van der Waals surface area contributed by atoms with E-state index in [1.54, 1.807) is 0 Å². The smallest absolute Gasteiger partial charge is 0.333 e. The Morgan fingerprint density at radius 1 is 1.48 bits per heavy atom. The number of fused-ring (bicyclic) bond motifs is 1. The molecule has 4 rings (SSSR count). The number of hydrogen-bond acceptors (Lipinski definition) is 10. The summed E-state index contributed by atoms with van der Waals surface area (Å²) in [6.07, 6.45) is -0.924. The number of aliphatic hydroxyl groups is 2. The molecule has 1 aliphatic heterocycles. The molecule has 1 saturated heterocycles. The van der Waals surface area contributed by atoms with Gasteiger partial charge in [0.2, 0.25) is 5.95 Å². The van der Waals surface area contributed by atoms with Crippen LogP contribution in [0.3, 0.4) is 0 Å². The highest BCUT2D eigenvalue weighted by Gasteiger charge is 2.37. The molecule has 0 aromatic carbocycles. The lowest BCUT2D eigenvalue weighted by Crippen LogP contribution is -2.32. The van der Waals surface area contributed by atoms with Gasteiger partial charge in [-0.2, -0.15) is 4.98 Å². The number of aromatic nitrogens is 8. The van der Waals surface area contributed by atoms with E-state index in [9.17, 15) is 15.0 Å². The Morgan fingerprint density at radius 2 is 2.32 bits per heavy atom. The first kappa shape index (κ1) is 15.6. The van der Waals surface area contributed by atoms with Crippen molar-refractivity contribution in [3.8, 4) is 0 Å². The summed E-state index contributed by atoms with van der Waals surface area (Å²) in [5.41, 5.74) is 5.76. The molecule has 25 heavy (non-hydrogen) atoms. The lowest BCUT2D eigenvalue weighted by Gasteiger charge is -2.15. The minimum Gasteiger partial charge on any atom is -0.394 e. The number of nitrogens with two attached hydrogens (primary N) is 1. The second kappa shape index (κ2) is 5.87. The first-order valence-electron chi connectivity index (χ1n) is 7.48. The summed E-state index contributed by atoms with van der Waals surface area (Å²) in [6.45, 7) is -0.212. The van der Waals surface area contributed by atoms with Crippen molar-refractivity contribution in [1.29, 1.82) is 0 Å². The molecule has 0 spiro atoms. The molecule has 3 aromatic rings. The topological polar surface area (TPSA) is 183 Å². The van der Waals surface area contributed by atoms with E-state index >= 15 is 0 Å². The van der Waals surface area contributed by atoms with Crippen LogP contribution in [0.4, 0.5) is 5.95 Å². The van der Waals surface area contributed by atoms with E-state index < -0.39 is 24.1 Å². The third-order valence-corrected chi connectivity index (χ3v) is 4.05. The van der Waals surface area contributed by atoms with Gasteiger partial charge in [-0.25, -0.2) is 19.4 Å². The first-order valence-corrected chi connectivity index (χ1v) is 7.48. The molecule has 0 radical (unpaired) electrons. The molecule has 3 aromatic heterocycles. The van der Waals surface area contributed by atoms with Gasteiger partial charge in [0, 0.05) is 6.42 Å². The Bertz CT molecular complexity index is 950. The lowest BCUT2D eigenvalue weighted by atomic mass is 10.2. The molecular weight excluding hydrogens is 334 g/mol. The van der Waals surface area contributed by atoms with Crippen molar-refractivity contribution < 1.29 is 14.9 Å². The predicted octanol–water partition coefficient (Wildman–Crippen LogP) is -2.62. The fourth-order valence-corrected chi connectivity index (χ4v) is 2.93. The maximum Gasteiger partial charge on any atom is 0.333 e. The fraction of sp³-hybridized carbons (Fsp3) is 0.500. The number of tetrazole rings is 1. The maximum atomic E-state index is 12.9. The van der Waals surface area contributed by atoms with Gasteiger partial charge < -0.3 is 20.7 Å². The third kappa shape index (κ3) is 2.54. The normalized spacial score (nSPS) is 23.5. The molecule has 0 unspecified atom stereocenters. The van der Waals surface area contributed by atoms with Crippen LogP contribution in [0.15, 0.2) is 11.0 Å². The highest BCUT2D eigenvalue weighted by molar-refractivity contribution is 5.72. The summed E-state index contributed by atoms with van der Waals surface area (Å²) in [6, 6.07) is 0. The zero-order valence-electron chi connectivity index (χ0n) is 12.8. The number of anilines is 1. The lowest BCUT2D eigenvalue weighted by molar-refractivity contribution is -0.0505. The molecule has 13 nitrogen and oxygen atoms in total. The van der Waals surface area contributed by atoms with E-state index in [1.807, 2.05) is 0 Å². The molecule has 132 valence electrons. The number of nitrogen functional groups attached to an aromatic ring is 1. The van der Waals surface area contributed by atoms with Crippen LogP contribution < -0.4 is 11.4 Å². The van der Waals surface area contributed by atoms with E-state index in [2.05, 4.69) is 30.6 Å². The van der Waals surface area contributed by atoms with Gasteiger partial charge in [0.15, 0.2) is 17.7 Å². The van der Waals surface area contributed by atoms with E-state index in [4.69, 9.17) is 10.5 Å². The van der Waals surface area contributed by atoms with Gasteiger partial charge in [-0.05, 0) is 10.4 Å². The number of ether oxygens (including phenoxy) is 1. The summed E-state index contributed by atoms with van der Waals surface area (Å²) >= 11 is 0. The number of aliphatic hydroxyl groups excluding tert-OH is 2. The quantitative estimate of drug-likeness (QED) is 0.389. The molecular formula is C12H15N9O4. The van der Waals surface area contributed by atoms with E-state index in [1.165, 1.54) is 15.3 Å². The number of H-pyrrole nitrogens is 1. The third-order valence-electron chi connectivity index (χ3n) is 4.05. The van der Waals surface area contributed by atoms with Crippen LogP contribution in [0.25, 0.3) is 11.2 Å². The maximum absolute atomic E-state index is 12.9. The number of imidazole rings is 1. The van der Waals surface area contributed by atoms with Crippen LogP contribution in [0.5, 0.6) is 0 Å². The Hall–Kier alpha value is -2.90. The van der Waals surface area contributed by atoms with Crippen molar-refractivity contribution in [2.75, 3.05) is 12.3 Å². The molecule has 0 aliphatic carbocycles. The predicted molar refractivity (Wildman–Crippen MR) is 81.1 cm³/mol. The molecule has 3 atom stereocenters. The number of aromatic amines is 1. The van der Waals surface area contributed by atoms with Crippen molar-refractivity contribution in [3.63, 3.8) is 0 Å². The van der Waals surface area contributed by atoms with Gasteiger partial charge in [0.05, 0.1) is 25.5 Å². The minimum atomic E-state index is -0.990. The van der Waals surface area contributed by atoms with Crippen molar-refractivity contribution in [2.45, 2.75) is 31.4 Å².